The van der Waals surface area contributed by atoms with Gasteiger partial charge < -0.3 is 5.73 Å². The van der Waals surface area contributed by atoms with Crippen molar-refractivity contribution >= 4 is 33.2 Å². The summed E-state index contributed by atoms with van der Waals surface area (Å²) in [4.78, 5) is 1.16. The van der Waals surface area contributed by atoms with E-state index in [1.165, 1.54) is 4.31 Å². The highest BCUT2D eigenvalue weighted by Crippen LogP contribution is 2.38. The van der Waals surface area contributed by atoms with E-state index in [9.17, 15) is 8.42 Å². The minimum atomic E-state index is -3.63. The number of hydrogen-bond donors (Lipinski definition) is 1. The molecule has 1 aliphatic rings. The van der Waals surface area contributed by atoms with Crippen molar-refractivity contribution in [2.24, 2.45) is 0 Å². The molecule has 0 unspecified atom stereocenters. The molecule has 0 fully saturated rings. The Morgan fingerprint density at radius 1 is 1.19 bits per heavy atom. The van der Waals surface area contributed by atoms with Gasteiger partial charge in [0.2, 0.25) is 0 Å². The Balaban J connectivity index is 2.12. The van der Waals surface area contributed by atoms with Crippen LogP contribution in [0.2, 0.25) is 0 Å². The third-order valence-electron chi connectivity index (χ3n) is 3.42. The maximum atomic E-state index is 12.9. The number of aryl methyl sites for hydroxylation is 1. The van der Waals surface area contributed by atoms with Crippen molar-refractivity contribution < 1.29 is 8.42 Å². The highest BCUT2D eigenvalue weighted by atomic mass is 32.2. The third-order valence-corrected chi connectivity index (χ3v) is 6.35. The molecule has 110 valence electrons. The molecule has 0 radical (unpaired) electrons. The minimum absolute atomic E-state index is 0.176. The van der Waals surface area contributed by atoms with Crippen LogP contribution in [-0.2, 0) is 10.0 Å². The van der Waals surface area contributed by atoms with E-state index in [1.807, 2.05) is 31.2 Å². The van der Waals surface area contributed by atoms with Crippen LogP contribution < -0.4 is 10.0 Å². The fourth-order valence-electron chi connectivity index (χ4n) is 2.42. The zero-order chi connectivity index (χ0) is 15.0. The molecular formula is C15H16N2O2S2. The maximum Gasteiger partial charge on any atom is 0.266 e. The van der Waals surface area contributed by atoms with E-state index >= 15 is 0 Å². The lowest BCUT2D eigenvalue weighted by molar-refractivity contribution is 0.592. The molecule has 2 aromatic rings. The molecular weight excluding hydrogens is 304 g/mol. The first-order valence-corrected chi connectivity index (χ1v) is 9.03. The lowest BCUT2D eigenvalue weighted by atomic mass is 10.2. The van der Waals surface area contributed by atoms with Crippen molar-refractivity contribution in [1.29, 1.82) is 0 Å². The van der Waals surface area contributed by atoms with Crippen LogP contribution in [0.3, 0.4) is 0 Å². The van der Waals surface area contributed by atoms with E-state index in [2.05, 4.69) is 0 Å². The number of anilines is 2. The monoisotopic (exact) mass is 320 g/mol. The molecule has 0 spiro atoms. The lowest BCUT2D eigenvalue weighted by Gasteiger charge is -2.30. The number of benzene rings is 2. The average Bonchev–Trinajstić information content (AvgIpc) is 2.46. The first kappa shape index (κ1) is 14.3. The number of fused-ring (bicyclic) bond motifs is 1. The fourth-order valence-corrected chi connectivity index (χ4v) is 5.17. The van der Waals surface area contributed by atoms with Gasteiger partial charge in [-0.05, 0) is 36.8 Å². The van der Waals surface area contributed by atoms with Gasteiger partial charge in [0.05, 0.1) is 11.4 Å². The van der Waals surface area contributed by atoms with Crippen LogP contribution in [0.4, 0.5) is 11.4 Å². The second kappa shape index (κ2) is 5.27. The highest BCUT2D eigenvalue weighted by Gasteiger charge is 2.30. The summed E-state index contributed by atoms with van der Waals surface area (Å²) in [5.74, 6) is 0.738. The van der Waals surface area contributed by atoms with Gasteiger partial charge in [-0.25, -0.2) is 8.42 Å². The predicted molar refractivity (Wildman–Crippen MR) is 87.3 cm³/mol. The van der Waals surface area contributed by atoms with Gasteiger partial charge in [0.15, 0.2) is 0 Å². The number of hydrogen-bond acceptors (Lipinski definition) is 4. The first-order valence-electron chi connectivity index (χ1n) is 6.61. The van der Waals surface area contributed by atoms with Crippen LogP contribution in [0.5, 0.6) is 0 Å². The Morgan fingerprint density at radius 3 is 2.71 bits per heavy atom. The number of nitrogen functional groups attached to an aromatic ring is 1. The van der Waals surface area contributed by atoms with E-state index in [-0.39, 0.29) is 4.90 Å². The summed E-state index contributed by atoms with van der Waals surface area (Å²) >= 11 is 1.67. The molecule has 0 aromatic heterocycles. The number of nitrogens with zero attached hydrogens (tertiary/aromatic N) is 1. The Morgan fingerprint density at radius 2 is 1.95 bits per heavy atom. The first-order chi connectivity index (χ1) is 10.00. The second-order valence-electron chi connectivity index (χ2n) is 4.93. The van der Waals surface area contributed by atoms with Crippen LogP contribution in [0.25, 0.3) is 0 Å². The van der Waals surface area contributed by atoms with Crippen LogP contribution in [0, 0.1) is 6.92 Å². The minimum Gasteiger partial charge on any atom is -0.398 e. The van der Waals surface area contributed by atoms with Gasteiger partial charge in [-0.3, -0.25) is 4.31 Å². The standard InChI is InChI=1S/C15H16N2O2S2/c1-11-6-7-15(12(16)10-11)21(18,19)17-8-9-20-14-5-3-2-4-13(14)17/h2-7,10H,8-9,16H2,1H3. The summed E-state index contributed by atoms with van der Waals surface area (Å²) in [6.45, 7) is 2.34. The van der Waals surface area contributed by atoms with Crippen molar-refractivity contribution in [3.8, 4) is 0 Å². The maximum absolute atomic E-state index is 12.9. The highest BCUT2D eigenvalue weighted by molar-refractivity contribution is 8.00. The number of thioether (sulfide) groups is 1. The number of para-hydroxylation sites is 1. The van der Waals surface area contributed by atoms with Gasteiger partial charge in [0.1, 0.15) is 4.90 Å². The predicted octanol–water partition coefficient (Wildman–Crippen LogP) is 2.88. The van der Waals surface area contributed by atoms with Crippen molar-refractivity contribution in [2.45, 2.75) is 16.7 Å². The molecule has 2 aromatic carbocycles. The number of nitrogens with two attached hydrogens (primary N) is 1. The molecule has 21 heavy (non-hydrogen) atoms. The van der Waals surface area contributed by atoms with E-state index in [0.717, 1.165) is 21.9 Å². The molecule has 0 saturated carbocycles. The fraction of sp³-hybridized carbons (Fsp3) is 0.200. The van der Waals surface area contributed by atoms with Gasteiger partial charge in [-0.2, -0.15) is 0 Å². The third kappa shape index (κ3) is 2.49. The van der Waals surface area contributed by atoms with Gasteiger partial charge in [0.25, 0.3) is 10.0 Å². The molecule has 0 bridgehead atoms. The Bertz CT molecular complexity index is 788. The summed E-state index contributed by atoms with van der Waals surface area (Å²) < 4.78 is 27.3. The van der Waals surface area contributed by atoms with Crippen molar-refractivity contribution in [3.05, 3.63) is 48.0 Å². The van der Waals surface area contributed by atoms with E-state index in [4.69, 9.17) is 5.73 Å². The largest absolute Gasteiger partial charge is 0.398 e. The summed E-state index contributed by atoms with van der Waals surface area (Å²) in [6, 6.07) is 12.6. The molecule has 0 amide bonds. The smallest absolute Gasteiger partial charge is 0.266 e. The molecule has 1 aliphatic heterocycles. The van der Waals surface area contributed by atoms with Crippen LogP contribution in [-0.4, -0.2) is 20.7 Å². The van der Waals surface area contributed by atoms with Crippen molar-refractivity contribution in [1.82, 2.24) is 0 Å². The molecule has 3 rings (SSSR count). The number of sulfonamides is 1. The Hall–Kier alpha value is -1.66. The van der Waals surface area contributed by atoms with Gasteiger partial charge >= 0.3 is 0 Å². The van der Waals surface area contributed by atoms with Crippen molar-refractivity contribution in [2.75, 3.05) is 22.3 Å². The zero-order valence-corrected chi connectivity index (χ0v) is 13.2. The van der Waals surface area contributed by atoms with Crippen LogP contribution in [0.15, 0.2) is 52.3 Å². The van der Waals surface area contributed by atoms with Gasteiger partial charge in [0, 0.05) is 17.2 Å². The molecule has 6 heteroatoms. The average molecular weight is 320 g/mol. The summed E-state index contributed by atoms with van der Waals surface area (Å²) in [5, 5.41) is 0. The normalized spacial score (nSPS) is 14.8. The van der Waals surface area contributed by atoms with Gasteiger partial charge in [-0.1, -0.05) is 18.2 Å². The van der Waals surface area contributed by atoms with Gasteiger partial charge in [-0.15, -0.1) is 11.8 Å². The van der Waals surface area contributed by atoms with E-state index < -0.39 is 10.0 Å². The zero-order valence-electron chi connectivity index (χ0n) is 11.6. The molecule has 0 aliphatic carbocycles. The van der Waals surface area contributed by atoms with Crippen LogP contribution in [0.1, 0.15) is 5.56 Å². The molecule has 1 heterocycles. The molecule has 4 nitrogen and oxygen atoms in total. The Kier molecular flexibility index (Phi) is 3.59. The quantitative estimate of drug-likeness (QED) is 0.864. The molecule has 0 atom stereocenters. The van der Waals surface area contributed by atoms with E-state index in [0.29, 0.717) is 12.2 Å². The summed E-state index contributed by atoms with van der Waals surface area (Å²) in [6.07, 6.45) is 0. The summed E-state index contributed by atoms with van der Waals surface area (Å²) in [7, 11) is -3.63. The van der Waals surface area contributed by atoms with Crippen molar-refractivity contribution in [3.63, 3.8) is 0 Å². The second-order valence-corrected chi connectivity index (χ2v) is 7.90. The Labute approximate surface area is 129 Å². The van der Waals surface area contributed by atoms with E-state index in [1.54, 1.807) is 30.0 Å². The molecule has 0 saturated heterocycles. The topological polar surface area (TPSA) is 63.4 Å². The number of rotatable bonds is 2. The van der Waals surface area contributed by atoms with Crippen LogP contribution >= 0.6 is 11.8 Å². The SMILES string of the molecule is Cc1ccc(S(=O)(=O)N2CCSc3ccccc32)c(N)c1. The summed E-state index contributed by atoms with van der Waals surface area (Å²) in [5.41, 5.74) is 7.90. The lowest BCUT2D eigenvalue weighted by Crippen LogP contribution is -2.35. The molecule has 2 N–H and O–H groups in total.